The Hall–Kier alpha value is -1.59. The van der Waals surface area contributed by atoms with E-state index in [1.54, 1.807) is 18.2 Å². The van der Waals surface area contributed by atoms with Crippen LogP contribution in [-0.2, 0) is 9.47 Å². The molecule has 0 spiro atoms. The lowest BCUT2D eigenvalue weighted by Gasteiger charge is -2.17. The molecule has 0 radical (unpaired) electrons. The van der Waals surface area contributed by atoms with Crippen molar-refractivity contribution in [2.24, 2.45) is 0 Å². The highest BCUT2D eigenvalue weighted by Gasteiger charge is 2.21. The van der Waals surface area contributed by atoms with Crippen LogP contribution in [0.4, 0.5) is 0 Å². The predicted octanol–water partition coefficient (Wildman–Crippen LogP) is 2.43. The number of carbonyl (C=O) groups is 1. The molecule has 0 atom stereocenters. The molecule has 0 saturated heterocycles. The molecule has 0 aliphatic carbocycles. The van der Waals surface area contributed by atoms with Crippen LogP contribution >= 0.6 is 0 Å². The molecule has 5 nitrogen and oxygen atoms in total. The third-order valence-electron chi connectivity index (χ3n) is 2.94. The molecular formula is C15H20O5. The first-order chi connectivity index (χ1) is 9.74. The summed E-state index contributed by atoms with van der Waals surface area (Å²) in [6.07, 6.45) is 0.413. The van der Waals surface area contributed by atoms with Crippen molar-refractivity contribution in [2.45, 2.75) is 26.6 Å². The molecule has 0 amide bonds. The molecule has 1 aliphatic heterocycles. The number of fused-ring (bicyclic) bond motifs is 1. The number of hydrogen-bond acceptors (Lipinski definition) is 5. The first-order valence-corrected chi connectivity index (χ1v) is 6.90. The van der Waals surface area contributed by atoms with Crippen LogP contribution in [0.1, 0.15) is 30.6 Å². The maximum Gasteiger partial charge on any atom is 0.203 e. The van der Waals surface area contributed by atoms with Crippen LogP contribution in [0.5, 0.6) is 11.5 Å². The fraction of sp³-hybridized carbons (Fsp3) is 0.533. The molecular weight excluding hydrogens is 260 g/mol. The fourth-order valence-electron chi connectivity index (χ4n) is 2.02. The summed E-state index contributed by atoms with van der Waals surface area (Å²) in [6.45, 7) is 5.69. The third kappa shape index (κ3) is 3.71. The van der Waals surface area contributed by atoms with Crippen LogP contribution in [0.3, 0.4) is 0 Å². The van der Waals surface area contributed by atoms with E-state index >= 15 is 0 Å². The summed E-state index contributed by atoms with van der Waals surface area (Å²) in [5, 5.41) is 0. The molecule has 0 saturated carbocycles. The van der Waals surface area contributed by atoms with Crippen LogP contribution in [0.25, 0.3) is 0 Å². The Labute approximate surface area is 118 Å². The van der Waals surface area contributed by atoms with Gasteiger partial charge >= 0.3 is 0 Å². The molecule has 0 bridgehead atoms. The van der Waals surface area contributed by atoms with Crippen molar-refractivity contribution < 1.29 is 23.7 Å². The SMILES string of the molecule is CCOC(CCOc1ccc2c(c1)OCC2=O)OCC. The summed E-state index contributed by atoms with van der Waals surface area (Å²) < 4.78 is 21.8. The smallest absolute Gasteiger partial charge is 0.203 e. The Morgan fingerprint density at radius 3 is 2.70 bits per heavy atom. The van der Waals surface area contributed by atoms with Crippen LogP contribution in [0.15, 0.2) is 18.2 Å². The summed E-state index contributed by atoms with van der Waals surface area (Å²) in [4.78, 5) is 11.4. The van der Waals surface area contributed by atoms with Gasteiger partial charge in [0.1, 0.15) is 11.5 Å². The van der Waals surface area contributed by atoms with Crippen molar-refractivity contribution in [3.05, 3.63) is 23.8 Å². The largest absolute Gasteiger partial charge is 0.493 e. The maximum atomic E-state index is 11.4. The van der Waals surface area contributed by atoms with E-state index in [1.165, 1.54) is 0 Å². The molecule has 110 valence electrons. The Morgan fingerprint density at radius 2 is 2.00 bits per heavy atom. The van der Waals surface area contributed by atoms with Crippen molar-refractivity contribution in [1.29, 1.82) is 0 Å². The second-order valence-electron chi connectivity index (χ2n) is 4.35. The van der Waals surface area contributed by atoms with Gasteiger partial charge in [-0.15, -0.1) is 0 Å². The monoisotopic (exact) mass is 280 g/mol. The van der Waals surface area contributed by atoms with Crippen molar-refractivity contribution in [3.63, 3.8) is 0 Å². The van der Waals surface area contributed by atoms with E-state index < -0.39 is 0 Å². The van der Waals surface area contributed by atoms with E-state index in [2.05, 4.69) is 0 Å². The molecule has 1 heterocycles. The van der Waals surface area contributed by atoms with E-state index in [-0.39, 0.29) is 18.7 Å². The van der Waals surface area contributed by atoms with Crippen LogP contribution < -0.4 is 9.47 Å². The van der Waals surface area contributed by atoms with Gasteiger partial charge in [-0.1, -0.05) is 0 Å². The third-order valence-corrected chi connectivity index (χ3v) is 2.94. The average molecular weight is 280 g/mol. The normalized spacial score (nSPS) is 13.4. The standard InChI is InChI=1S/C15H20O5/c1-3-17-15(18-4-2)7-8-19-11-5-6-12-13(16)10-20-14(12)9-11/h5-6,9,15H,3-4,7-8,10H2,1-2H3. The van der Waals surface area contributed by atoms with Gasteiger partial charge in [-0.25, -0.2) is 0 Å². The zero-order valence-corrected chi connectivity index (χ0v) is 11.9. The zero-order valence-electron chi connectivity index (χ0n) is 11.9. The molecule has 1 aromatic rings. The minimum Gasteiger partial charge on any atom is -0.493 e. The molecule has 20 heavy (non-hydrogen) atoms. The van der Waals surface area contributed by atoms with Gasteiger partial charge in [-0.05, 0) is 26.0 Å². The van der Waals surface area contributed by atoms with Gasteiger partial charge in [0.15, 0.2) is 12.9 Å². The van der Waals surface area contributed by atoms with Crippen LogP contribution in [-0.4, -0.2) is 38.5 Å². The number of ether oxygens (including phenoxy) is 4. The van der Waals surface area contributed by atoms with Gasteiger partial charge < -0.3 is 18.9 Å². The van der Waals surface area contributed by atoms with E-state index in [0.717, 1.165) is 0 Å². The van der Waals surface area contributed by atoms with Gasteiger partial charge in [0.05, 0.1) is 12.2 Å². The number of rotatable bonds is 8. The van der Waals surface area contributed by atoms with E-state index in [9.17, 15) is 4.79 Å². The van der Waals surface area contributed by atoms with Gasteiger partial charge in [0.25, 0.3) is 0 Å². The minimum absolute atomic E-state index is 0.0132. The highest BCUT2D eigenvalue weighted by Crippen LogP contribution is 2.29. The summed E-state index contributed by atoms with van der Waals surface area (Å²) in [7, 11) is 0. The Bertz CT molecular complexity index is 452. The van der Waals surface area contributed by atoms with Gasteiger partial charge in [-0.2, -0.15) is 0 Å². The Kier molecular flexibility index (Phi) is 5.38. The number of benzene rings is 1. The number of Topliss-reactive ketones (excluding diaryl/α,β-unsaturated/α-hetero) is 1. The molecule has 0 unspecified atom stereocenters. The quantitative estimate of drug-likeness (QED) is 0.685. The zero-order chi connectivity index (χ0) is 14.4. The van der Waals surface area contributed by atoms with Gasteiger partial charge in [0.2, 0.25) is 5.78 Å². The summed E-state index contributed by atoms with van der Waals surface area (Å²) in [5.41, 5.74) is 0.624. The molecule has 2 rings (SSSR count). The molecule has 0 aromatic heterocycles. The molecule has 1 aliphatic rings. The first-order valence-electron chi connectivity index (χ1n) is 6.90. The summed E-state index contributed by atoms with van der Waals surface area (Å²) in [6, 6.07) is 5.26. The van der Waals surface area contributed by atoms with Crippen molar-refractivity contribution in [1.82, 2.24) is 0 Å². The lowest BCUT2D eigenvalue weighted by atomic mass is 10.1. The Balaban J connectivity index is 1.83. The van der Waals surface area contributed by atoms with E-state index in [0.29, 0.717) is 43.3 Å². The van der Waals surface area contributed by atoms with Gasteiger partial charge in [0, 0.05) is 25.7 Å². The van der Waals surface area contributed by atoms with Crippen molar-refractivity contribution in [2.75, 3.05) is 26.4 Å². The summed E-state index contributed by atoms with van der Waals surface area (Å²) in [5.74, 6) is 1.29. The van der Waals surface area contributed by atoms with Crippen molar-refractivity contribution in [3.8, 4) is 11.5 Å². The highest BCUT2D eigenvalue weighted by atomic mass is 16.7. The first kappa shape index (κ1) is 14.8. The molecule has 0 N–H and O–H groups in total. The molecule has 0 fully saturated rings. The highest BCUT2D eigenvalue weighted by molar-refractivity contribution is 6.02. The lowest BCUT2D eigenvalue weighted by Crippen LogP contribution is -2.20. The topological polar surface area (TPSA) is 54.0 Å². The van der Waals surface area contributed by atoms with Gasteiger partial charge in [-0.3, -0.25) is 4.79 Å². The maximum absolute atomic E-state index is 11.4. The molecule has 1 aromatic carbocycles. The number of carbonyl (C=O) groups excluding carboxylic acids is 1. The second-order valence-corrected chi connectivity index (χ2v) is 4.35. The average Bonchev–Trinajstić information content (AvgIpc) is 2.80. The minimum atomic E-state index is -0.239. The van der Waals surface area contributed by atoms with E-state index in [4.69, 9.17) is 18.9 Å². The Morgan fingerprint density at radius 1 is 1.25 bits per heavy atom. The molecule has 5 heteroatoms. The lowest BCUT2D eigenvalue weighted by molar-refractivity contribution is -0.142. The fourth-order valence-corrected chi connectivity index (χ4v) is 2.02. The van der Waals surface area contributed by atoms with Crippen molar-refractivity contribution >= 4 is 5.78 Å². The second kappa shape index (κ2) is 7.26. The predicted molar refractivity (Wildman–Crippen MR) is 73.4 cm³/mol. The number of ketones is 1. The van der Waals surface area contributed by atoms with Crippen LogP contribution in [0.2, 0.25) is 0 Å². The summed E-state index contributed by atoms with van der Waals surface area (Å²) >= 11 is 0. The van der Waals surface area contributed by atoms with E-state index in [1.807, 2.05) is 13.8 Å². The van der Waals surface area contributed by atoms with Crippen LogP contribution in [0, 0.1) is 0 Å². The number of hydrogen-bond donors (Lipinski definition) is 0.